The summed E-state index contributed by atoms with van der Waals surface area (Å²) in [4.78, 5) is 19.9. The Morgan fingerprint density at radius 3 is 2.73 bits per heavy atom. The van der Waals surface area contributed by atoms with E-state index in [1.54, 1.807) is 6.20 Å². The highest BCUT2D eigenvalue weighted by Crippen LogP contribution is 2.41. The summed E-state index contributed by atoms with van der Waals surface area (Å²) < 4.78 is 1.95. The van der Waals surface area contributed by atoms with Crippen molar-refractivity contribution in [3.8, 4) is 0 Å². The lowest BCUT2D eigenvalue weighted by Gasteiger charge is -2.25. The maximum atomic E-state index is 12.7. The van der Waals surface area contributed by atoms with Crippen LogP contribution in [0, 0.1) is 0 Å². The Morgan fingerprint density at radius 2 is 2.00 bits per heavy atom. The Balaban J connectivity index is 1.71. The van der Waals surface area contributed by atoms with Gasteiger partial charge in [0.25, 0.3) is 5.56 Å². The summed E-state index contributed by atoms with van der Waals surface area (Å²) in [6, 6.07) is 3.80. The fourth-order valence-electron chi connectivity index (χ4n) is 4.32. The molecule has 6 heteroatoms. The van der Waals surface area contributed by atoms with Crippen LogP contribution in [0.25, 0.3) is 11.0 Å². The molecule has 3 aromatic heterocycles. The first-order valence-corrected chi connectivity index (χ1v) is 9.83. The minimum Gasteiger partial charge on any atom is -0.307 e. The normalized spacial score (nSPS) is 17.3. The summed E-state index contributed by atoms with van der Waals surface area (Å²) in [6.45, 7) is 0.584. The molecule has 1 fully saturated rings. The molecule has 0 saturated heterocycles. The van der Waals surface area contributed by atoms with Crippen molar-refractivity contribution in [2.24, 2.45) is 0 Å². The minimum absolute atomic E-state index is 0.0567. The number of pyridine rings is 2. The number of halogens is 1. The lowest BCUT2D eigenvalue weighted by atomic mass is 9.80. The summed E-state index contributed by atoms with van der Waals surface area (Å²) in [5.74, 6) is 0.525. The minimum atomic E-state index is 0.0567. The third-order valence-corrected chi connectivity index (χ3v) is 6.08. The van der Waals surface area contributed by atoms with Gasteiger partial charge in [-0.3, -0.25) is 4.79 Å². The molecule has 2 aliphatic carbocycles. The standard InChI is InChI=1S/C20H21ClN4O/c21-16-10-12(8-9-22-16)11-25-19-17(18(24-25)13-4-3-5-13)14-6-1-2-7-15(14)20(26)23-19/h8-10,13H,1-7,11H2,(H,23,26). The van der Waals surface area contributed by atoms with Gasteiger partial charge in [0, 0.05) is 23.1 Å². The van der Waals surface area contributed by atoms with Gasteiger partial charge >= 0.3 is 0 Å². The van der Waals surface area contributed by atoms with Crippen LogP contribution in [0.5, 0.6) is 0 Å². The number of aromatic nitrogens is 4. The first-order chi connectivity index (χ1) is 12.7. The number of fused-ring (bicyclic) bond motifs is 3. The molecule has 0 atom stereocenters. The number of aryl methyl sites for hydroxylation is 1. The van der Waals surface area contributed by atoms with Crippen molar-refractivity contribution in [1.29, 1.82) is 0 Å². The van der Waals surface area contributed by atoms with Crippen molar-refractivity contribution in [3.63, 3.8) is 0 Å². The topological polar surface area (TPSA) is 63.6 Å². The highest BCUT2D eigenvalue weighted by molar-refractivity contribution is 6.29. The van der Waals surface area contributed by atoms with Crippen molar-refractivity contribution in [1.82, 2.24) is 19.7 Å². The number of rotatable bonds is 3. The number of nitrogens with one attached hydrogen (secondary N) is 1. The molecule has 0 unspecified atom stereocenters. The van der Waals surface area contributed by atoms with Crippen LogP contribution >= 0.6 is 11.6 Å². The number of hydrogen-bond donors (Lipinski definition) is 1. The maximum Gasteiger partial charge on any atom is 0.253 e. The second-order valence-corrected chi connectivity index (χ2v) is 7.89. The second-order valence-electron chi connectivity index (χ2n) is 7.50. The van der Waals surface area contributed by atoms with Gasteiger partial charge in [-0.25, -0.2) is 9.67 Å². The van der Waals surface area contributed by atoms with Crippen LogP contribution < -0.4 is 5.56 Å². The van der Waals surface area contributed by atoms with Gasteiger partial charge in [0.15, 0.2) is 0 Å². The highest BCUT2D eigenvalue weighted by Gasteiger charge is 2.29. The predicted octanol–water partition coefficient (Wildman–Crippen LogP) is 3.97. The molecule has 3 heterocycles. The molecule has 0 amide bonds. The molecule has 0 radical (unpaired) electrons. The first-order valence-electron chi connectivity index (χ1n) is 9.45. The molecule has 134 valence electrons. The van der Waals surface area contributed by atoms with E-state index < -0.39 is 0 Å². The third-order valence-electron chi connectivity index (χ3n) is 5.87. The largest absolute Gasteiger partial charge is 0.307 e. The molecule has 0 aliphatic heterocycles. The molecule has 0 bridgehead atoms. The van der Waals surface area contributed by atoms with E-state index in [4.69, 9.17) is 16.7 Å². The third kappa shape index (κ3) is 2.57. The molecular weight excluding hydrogens is 348 g/mol. The molecular formula is C20H21ClN4O. The molecule has 2 aliphatic rings. The first kappa shape index (κ1) is 16.1. The van der Waals surface area contributed by atoms with Crippen LogP contribution in [-0.2, 0) is 19.4 Å². The monoisotopic (exact) mass is 368 g/mol. The van der Waals surface area contributed by atoms with E-state index >= 15 is 0 Å². The molecule has 5 nitrogen and oxygen atoms in total. The van der Waals surface area contributed by atoms with Crippen LogP contribution in [0.15, 0.2) is 23.1 Å². The van der Waals surface area contributed by atoms with Gasteiger partial charge in [0.05, 0.1) is 12.2 Å². The number of aromatic amines is 1. The summed E-state index contributed by atoms with van der Waals surface area (Å²) in [6.07, 6.45) is 9.50. The van der Waals surface area contributed by atoms with Crippen LogP contribution in [-0.4, -0.2) is 19.7 Å². The van der Waals surface area contributed by atoms with Gasteiger partial charge in [-0.1, -0.05) is 18.0 Å². The molecule has 1 saturated carbocycles. The van der Waals surface area contributed by atoms with Crippen LogP contribution in [0.1, 0.15) is 60.4 Å². The summed E-state index contributed by atoms with van der Waals surface area (Å²) in [5, 5.41) is 6.66. The van der Waals surface area contributed by atoms with Gasteiger partial charge in [-0.2, -0.15) is 5.10 Å². The van der Waals surface area contributed by atoms with Gasteiger partial charge in [0.2, 0.25) is 0 Å². The van der Waals surface area contributed by atoms with E-state index in [-0.39, 0.29) is 5.56 Å². The molecule has 0 spiro atoms. The Kier molecular flexibility index (Phi) is 3.85. The van der Waals surface area contributed by atoms with E-state index in [9.17, 15) is 4.79 Å². The SMILES string of the molecule is O=c1[nH]c2c(c(C3CCC3)nn2Cc2ccnc(Cl)c2)c2c1CCCC2. The highest BCUT2D eigenvalue weighted by atomic mass is 35.5. The van der Waals surface area contributed by atoms with Crippen molar-refractivity contribution < 1.29 is 0 Å². The van der Waals surface area contributed by atoms with Gasteiger partial charge in [0.1, 0.15) is 10.8 Å². The molecule has 5 rings (SSSR count). The number of nitrogens with zero attached hydrogens (tertiary/aromatic N) is 3. The molecule has 1 N–H and O–H groups in total. The maximum absolute atomic E-state index is 12.7. The van der Waals surface area contributed by atoms with E-state index in [2.05, 4.69) is 9.97 Å². The van der Waals surface area contributed by atoms with E-state index in [0.29, 0.717) is 17.6 Å². The Bertz CT molecular complexity index is 1050. The fourth-order valence-corrected chi connectivity index (χ4v) is 4.51. The van der Waals surface area contributed by atoms with E-state index in [1.165, 1.54) is 35.9 Å². The summed E-state index contributed by atoms with van der Waals surface area (Å²) in [7, 11) is 0. The molecule has 3 aromatic rings. The van der Waals surface area contributed by atoms with Gasteiger partial charge in [-0.15, -0.1) is 0 Å². The van der Waals surface area contributed by atoms with Crippen molar-refractivity contribution in [3.05, 3.63) is 56.2 Å². The summed E-state index contributed by atoms with van der Waals surface area (Å²) >= 11 is 6.04. The lowest BCUT2D eigenvalue weighted by molar-refractivity contribution is 0.408. The van der Waals surface area contributed by atoms with E-state index in [1.807, 2.05) is 16.8 Å². The summed E-state index contributed by atoms with van der Waals surface area (Å²) in [5.41, 5.74) is 5.37. The Hall–Kier alpha value is -2.14. The van der Waals surface area contributed by atoms with Crippen LogP contribution in [0.3, 0.4) is 0 Å². The van der Waals surface area contributed by atoms with Gasteiger partial charge < -0.3 is 4.98 Å². The van der Waals surface area contributed by atoms with Crippen LogP contribution in [0.2, 0.25) is 5.15 Å². The van der Waals surface area contributed by atoms with Crippen molar-refractivity contribution >= 4 is 22.6 Å². The lowest BCUT2D eigenvalue weighted by Crippen LogP contribution is -2.20. The Morgan fingerprint density at radius 1 is 1.19 bits per heavy atom. The zero-order valence-corrected chi connectivity index (χ0v) is 15.4. The zero-order valence-electron chi connectivity index (χ0n) is 14.6. The van der Waals surface area contributed by atoms with E-state index in [0.717, 1.165) is 42.5 Å². The number of hydrogen-bond acceptors (Lipinski definition) is 3. The number of H-pyrrole nitrogens is 1. The zero-order chi connectivity index (χ0) is 17.7. The van der Waals surface area contributed by atoms with Crippen molar-refractivity contribution in [2.75, 3.05) is 0 Å². The Labute approximate surface area is 156 Å². The quantitative estimate of drug-likeness (QED) is 0.711. The second kappa shape index (κ2) is 6.23. The predicted molar refractivity (Wildman–Crippen MR) is 102 cm³/mol. The molecule has 0 aromatic carbocycles. The van der Waals surface area contributed by atoms with Crippen LogP contribution in [0.4, 0.5) is 0 Å². The fraction of sp³-hybridized carbons (Fsp3) is 0.450. The average molecular weight is 369 g/mol. The smallest absolute Gasteiger partial charge is 0.253 e. The van der Waals surface area contributed by atoms with Gasteiger partial charge in [-0.05, 0) is 61.8 Å². The molecule has 26 heavy (non-hydrogen) atoms. The van der Waals surface area contributed by atoms with Crippen molar-refractivity contribution in [2.45, 2.75) is 57.4 Å². The average Bonchev–Trinajstić information content (AvgIpc) is 2.92.